The summed E-state index contributed by atoms with van der Waals surface area (Å²) in [4.78, 5) is 6.22. The molecule has 4 heteroatoms. The average molecular weight is 312 g/mol. The molecule has 1 aromatic carbocycles. The van der Waals surface area contributed by atoms with Crippen LogP contribution in [0.1, 0.15) is 5.56 Å². The molecule has 2 rings (SSSR count). The molecule has 0 fully saturated rings. The van der Waals surface area contributed by atoms with Crippen LogP contribution in [-0.4, -0.2) is 12.0 Å². The van der Waals surface area contributed by atoms with Gasteiger partial charge in [-0.3, -0.25) is 4.98 Å². The zero-order chi connectivity index (χ0) is 12.3. The summed E-state index contributed by atoms with van der Waals surface area (Å²) in [5, 5.41) is 0.765. The van der Waals surface area contributed by atoms with Crippen molar-refractivity contribution in [3.63, 3.8) is 0 Å². The highest BCUT2D eigenvalue weighted by molar-refractivity contribution is 9.10. The Morgan fingerprint density at radius 2 is 1.94 bits per heavy atom. The molecular formula is C13H12BrClN2. The van der Waals surface area contributed by atoms with Gasteiger partial charge in [0, 0.05) is 31.0 Å². The molecule has 88 valence electrons. The summed E-state index contributed by atoms with van der Waals surface area (Å²) in [7, 11) is 2.05. The van der Waals surface area contributed by atoms with Crippen LogP contribution in [0.25, 0.3) is 0 Å². The molecule has 1 aromatic heterocycles. The predicted molar refractivity (Wildman–Crippen MR) is 75.5 cm³/mol. The van der Waals surface area contributed by atoms with Crippen LogP contribution < -0.4 is 4.90 Å². The Balaban J connectivity index is 2.14. The molecule has 0 saturated heterocycles. The summed E-state index contributed by atoms with van der Waals surface area (Å²) in [5.41, 5.74) is 2.34. The predicted octanol–water partition coefficient (Wildman–Crippen LogP) is 4.13. The van der Waals surface area contributed by atoms with Crippen molar-refractivity contribution < 1.29 is 0 Å². The summed E-state index contributed by atoms with van der Waals surface area (Å²) < 4.78 is 0.997. The van der Waals surface area contributed by atoms with Gasteiger partial charge >= 0.3 is 0 Å². The number of hydrogen-bond acceptors (Lipinski definition) is 2. The van der Waals surface area contributed by atoms with E-state index in [9.17, 15) is 0 Å². The zero-order valence-corrected chi connectivity index (χ0v) is 11.7. The van der Waals surface area contributed by atoms with E-state index < -0.39 is 0 Å². The number of benzene rings is 1. The summed E-state index contributed by atoms with van der Waals surface area (Å²) in [5.74, 6) is 0. The molecule has 0 radical (unpaired) electrons. The fraction of sp³-hybridized carbons (Fsp3) is 0.154. The number of rotatable bonds is 3. The van der Waals surface area contributed by atoms with E-state index in [0.29, 0.717) is 0 Å². The van der Waals surface area contributed by atoms with Crippen LogP contribution in [0.4, 0.5) is 5.69 Å². The Hall–Kier alpha value is -1.06. The van der Waals surface area contributed by atoms with E-state index in [1.165, 1.54) is 5.56 Å². The first-order chi connectivity index (χ1) is 8.16. The second kappa shape index (κ2) is 5.52. The van der Waals surface area contributed by atoms with Crippen LogP contribution in [0.3, 0.4) is 0 Å². The maximum absolute atomic E-state index is 5.86. The fourth-order valence-electron chi connectivity index (χ4n) is 1.63. The van der Waals surface area contributed by atoms with Gasteiger partial charge in [0.15, 0.2) is 0 Å². The smallest absolute Gasteiger partial charge is 0.0592 e. The Morgan fingerprint density at radius 1 is 1.24 bits per heavy atom. The van der Waals surface area contributed by atoms with Crippen molar-refractivity contribution >= 4 is 33.2 Å². The van der Waals surface area contributed by atoms with Crippen molar-refractivity contribution in [2.75, 3.05) is 11.9 Å². The summed E-state index contributed by atoms with van der Waals surface area (Å²) >= 11 is 9.36. The number of aromatic nitrogens is 1. The van der Waals surface area contributed by atoms with Crippen molar-refractivity contribution in [2.24, 2.45) is 0 Å². The lowest BCUT2D eigenvalue weighted by molar-refractivity contribution is 0.917. The van der Waals surface area contributed by atoms with Gasteiger partial charge in [0.05, 0.1) is 10.2 Å². The molecule has 0 saturated carbocycles. The van der Waals surface area contributed by atoms with E-state index in [4.69, 9.17) is 11.6 Å². The van der Waals surface area contributed by atoms with Gasteiger partial charge in [-0.2, -0.15) is 0 Å². The van der Waals surface area contributed by atoms with Gasteiger partial charge < -0.3 is 4.90 Å². The average Bonchev–Trinajstić information content (AvgIpc) is 2.32. The van der Waals surface area contributed by atoms with E-state index in [-0.39, 0.29) is 0 Å². The van der Waals surface area contributed by atoms with Crippen molar-refractivity contribution in [1.29, 1.82) is 0 Å². The third-order valence-corrected chi connectivity index (χ3v) is 3.36. The van der Waals surface area contributed by atoms with Gasteiger partial charge in [-0.15, -0.1) is 0 Å². The Labute approximate surface area is 114 Å². The van der Waals surface area contributed by atoms with Gasteiger partial charge in [0.25, 0.3) is 0 Å². The number of nitrogens with zero attached hydrogens (tertiary/aromatic N) is 2. The molecule has 1 heterocycles. The minimum atomic E-state index is 0.765. The number of hydrogen-bond donors (Lipinski definition) is 0. The molecular weight excluding hydrogens is 300 g/mol. The molecule has 17 heavy (non-hydrogen) atoms. The van der Waals surface area contributed by atoms with E-state index >= 15 is 0 Å². The van der Waals surface area contributed by atoms with E-state index in [0.717, 1.165) is 21.7 Å². The summed E-state index contributed by atoms with van der Waals surface area (Å²) in [6, 6.07) is 9.88. The van der Waals surface area contributed by atoms with Crippen molar-refractivity contribution in [3.8, 4) is 0 Å². The second-order valence-electron chi connectivity index (χ2n) is 3.81. The lowest BCUT2D eigenvalue weighted by Crippen LogP contribution is -2.16. The Bertz CT molecular complexity index is 499. The van der Waals surface area contributed by atoms with E-state index in [1.54, 1.807) is 12.4 Å². The summed E-state index contributed by atoms with van der Waals surface area (Å²) in [6.45, 7) is 0.833. The van der Waals surface area contributed by atoms with Gasteiger partial charge in [-0.05, 0) is 39.7 Å². The number of anilines is 1. The molecule has 0 amide bonds. The first-order valence-electron chi connectivity index (χ1n) is 5.22. The number of halogens is 2. The van der Waals surface area contributed by atoms with Crippen molar-refractivity contribution in [3.05, 3.63) is 57.8 Å². The number of pyridine rings is 1. The minimum Gasteiger partial charge on any atom is -0.369 e. The van der Waals surface area contributed by atoms with Crippen LogP contribution in [0.5, 0.6) is 0 Å². The standard InChI is InChI=1S/C13H12BrClN2/c1-17(13-6-7-16-8-12(13)14)9-10-2-4-11(15)5-3-10/h2-8H,9H2,1H3. The van der Waals surface area contributed by atoms with Gasteiger partial charge in [-0.1, -0.05) is 23.7 Å². The molecule has 0 atom stereocenters. The normalized spacial score (nSPS) is 10.3. The van der Waals surface area contributed by atoms with E-state index in [1.807, 2.05) is 30.3 Å². The van der Waals surface area contributed by atoms with Crippen LogP contribution in [-0.2, 0) is 6.54 Å². The Morgan fingerprint density at radius 3 is 2.59 bits per heavy atom. The fourth-order valence-corrected chi connectivity index (χ4v) is 2.31. The lowest BCUT2D eigenvalue weighted by atomic mass is 10.2. The largest absolute Gasteiger partial charge is 0.369 e. The maximum Gasteiger partial charge on any atom is 0.0592 e. The van der Waals surface area contributed by atoms with E-state index in [2.05, 4.69) is 32.9 Å². The van der Waals surface area contributed by atoms with Gasteiger partial charge in [0.2, 0.25) is 0 Å². The molecule has 0 bridgehead atoms. The molecule has 0 aliphatic heterocycles. The first kappa shape index (κ1) is 12.4. The van der Waals surface area contributed by atoms with Gasteiger partial charge in [0.1, 0.15) is 0 Å². The molecule has 2 nitrogen and oxygen atoms in total. The molecule has 0 aliphatic rings. The lowest BCUT2D eigenvalue weighted by Gasteiger charge is -2.20. The third-order valence-electron chi connectivity index (χ3n) is 2.50. The minimum absolute atomic E-state index is 0.765. The SMILES string of the molecule is CN(Cc1ccc(Cl)cc1)c1ccncc1Br. The van der Waals surface area contributed by atoms with Crippen LogP contribution in [0.15, 0.2) is 47.2 Å². The first-order valence-corrected chi connectivity index (χ1v) is 6.39. The Kier molecular flexibility index (Phi) is 4.02. The molecule has 0 N–H and O–H groups in total. The van der Waals surface area contributed by atoms with Crippen LogP contribution in [0.2, 0.25) is 5.02 Å². The quantitative estimate of drug-likeness (QED) is 0.847. The second-order valence-corrected chi connectivity index (χ2v) is 5.10. The zero-order valence-electron chi connectivity index (χ0n) is 9.40. The molecule has 0 unspecified atom stereocenters. The van der Waals surface area contributed by atoms with Gasteiger partial charge in [-0.25, -0.2) is 0 Å². The molecule has 0 spiro atoms. The molecule has 0 aliphatic carbocycles. The molecule has 2 aromatic rings. The van der Waals surface area contributed by atoms with Crippen molar-refractivity contribution in [1.82, 2.24) is 4.98 Å². The highest BCUT2D eigenvalue weighted by Gasteiger charge is 2.05. The monoisotopic (exact) mass is 310 g/mol. The van der Waals surface area contributed by atoms with Crippen LogP contribution >= 0.6 is 27.5 Å². The highest BCUT2D eigenvalue weighted by Crippen LogP contribution is 2.25. The maximum atomic E-state index is 5.86. The highest BCUT2D eigenvalue weighted by atomic mass is 79.9. The third kappa shape index (κ3) is 3.20. The summed E-state index contributed by atoms with van der Waals surface area (Å²) in [6.07, 6.45) is 3.59. The van der Waals surface area contributed by atoms with Crippen molar-refractivity contribution in [2.45, 2.75) is 6.54 Å². The van der Waals surface area contributed by atoms with Crippen LogP contribution in [0, 0.1) is 0 Å². The topological polar surface area (TPSA) is 16.1 Å².